The molecule has 0 saturated carbocycles. The minimum absolute atomic E-state index is 0.0768. The van der Waals surface area contributed by atoms with Crippen LogP contribution in [0.1, 0.15) is 96.0 Å². The predicted molar refractivity (Wildman–Crippen MR) is 135 cm³/mol. The van der Waals surface area contributed by atoms with Crippen LogP contribution in [0, 0.1) is 6.92 Å². The van der Waals surface area contributed by atoms with Crippen molar-refractivity contribution in [1.29, 1.82) is 0 Å². The highest BCUT2D eigenvalue weighted by molar-refractivity contribution is 7.86. The summed E-state index contributed by atoms with van der Waals surface area (Å²) in [6, 6.07) is 6.65. The lowest BCUT2D eigenvalue weighted by Crippen LogP contribution is -2.37. The van der Waals surface area contributed by atoms with E-state index in [0.717, 1.165) is 24.8 Å². The van der Waals surface area contributed by atoms with Gasteiger partial charge in [0.1, 0.15) is 19.0 Å². The lowest BCUT2D eigenvalue weighted by molar-refractivity contribution is -0.111. The molecule has 1 fully saturated rings. The molecular formula is C27H46O6S. The molecule has 1 aromatic rings. The van der Waals surface area contributed by atoms with Gasteiger partial charge in [0.15, 0.2) is 0 Å². The summed E-state index contributed by atoms with van der Waals surface area (Å²) in [4.78, 5) is 0.146. The molecule has 0 unspecified atom stereocenters. The quantitative estimate of drug-likeness (QED) is 0.122. The molecule has 0 radical (unpaired) electrons. The second-order valence-corrected chi connectivity index (χ2v) is 11.1. The van der Waals surface area contributed by atoms with Gasteiger partial charge in [-0.1, -0.05) is 102 Å². The number of aryl methyl sites for hydroxylation is 1. The lowest BCUT2D eigenvalue weighted by atomic mass is 10.0. The van der Waals surface area contributed by atoms with Crippen molar-refractivity contribution >= 4 is 10.1 Å². The minimum Gasteiger partial charge on any atom is -0.373 e. The van der Waals surface area contributed by atoms with Gasteiger partial charge >= 0.3 is 0 Å². The highest BCUT2D eigenvalue weighted by Gasteiger charge is 2.41. The lowest BCUT2D eigenvalue weighted by Gasteiger charge is -2.23. The van der Waals surface area contributed by atoms with Gasteiger partial charge in [-0.3, -0.25) is 4.18 Å². The van der Waals surface area contributed by atoms with E-state index in [0.29, 0.717) is 0 Å². The van der Waals surface area contributed by atoms with Crippen LogP contribution in [0.4, 0.5) is 0 Å². The van der Waals surface area contributed by atoms with Crippen molar-refractivity contribution in [2.24, 2.45) is 0 Å². The van der Waals surface area contributed by atoms with Gasteiger partial charge in [0, 0.05) is 7.11 Å². The van der Waals surface area contributed by atoms with Crippen LogP contribution in [-0.4, -0.2) is 47.2 Å². The molecule has 1 aromatic carbocycles. The molecule has 0 N–H and O–H groups in total. The number of unbranched alkanes of at least 4 members (excludes halogenated alkanes) is 11. The summed E-state index contributed by atoms with van der Waals surface area (Å²) in [5.74, 6) is 0. The third-order valence-electron chi connectivity index (χ3n) is 6.49. The fraction of sp³-hybridized carbons (Fsp3) is 0.778. The Labute approximate surface area is 207 Å². The molecule has 1 aliphatic rings. The van der Waals surface area contributed by atoms with Crippen LogP contribution in [0.3, 0.4) is 0 Å². The van der Waals surface area contributed by atoms with Crippen molar-refractivity contribution in [2.45, 2.75) is 121 Å². The first-order valence-electron chi connectivity index (χ1n) is 13.2. The van der Waals surface area contributed by atoms with Crippen molar-refractivity contribution in [3.8, 4) is 0 Å². The van der Waals surface area contributed by atoms with Crippen molar-refractivity contribution < 1.29 is 26.8 Å². The maximum absolute atomic E-state index is 12.7. The molecule has 0 amide bonds. The standard InChI is InChI=1S/C27H46O6S/c1-4-5-6-7-8-9-10-11-12-13-14-15-16-25-27(32-22-30-3)26(21-31-25)33-34(28,29)24-19-17-23(2)18-20-24/h17-20,25-27H,4-16,21-22H2,1-3H3/t25-,26-,27+/m1/s1. The van der Waals surface area contributed by atoms with Gasteiger partial charge in [-0.15, -0.1) is 0 Å². The molecule has 0 bridgehead atoms. The Morgan fingerprint density at radius 2 is 1.44 bits per heavy atom. The largest absolute Gasteiger partial charge is 0.373 e. The molecule has 0 spiro atoms. The van der Waals surface area contributed by atoms with E-state index in [1.54, 1.807) is 31.4 Å². The minimum atomic E-state index is -3.89. The highest BCUT2D eigenvalue weighted by atomic mass is 32.2. The van der Waals surface area contributed by atoms with Gasteiger partial charge in [-0.05, 0) is 25.5 Å². The summed E-state index contributed by atoms with van der Waals surface area (Å²) >= 11 is 0. The van der Waals surface area contributed by atoms with E-state index >= 15 is 0 Å². The summed E-state index contributed by atoms with van der Waals surface area (Å²) in [6.07, 6.45) is 15.1. The Balaban J connectivity index is 1.69. The molecule has 7 heteroatoms. The van der Waals surface area contributed by atoms with E-state index in [9.17, 15) is 8.42 Å². The zero-order chi connectivity index (χ0) is 24.7. The van der Waals surface area contributed by atoms with E-state index < -0.39 is 22.3 Å². The fourth-order valence-corrected chi connectivity index (χ4v) is 5.52. The van der Waals surface area contributed by atoms with E-state index in [4.69, 9.17) is 18.4 Å². The molecule has 1 aliphatic heterocycles. The first kappa shape index (κ1) is 29.2. The first-order chi connectivity index (χ1) is 16.5. The molecule has 34 heavy (non-hydrogen) atoms. The summed E-state index contributed by atoms with van der Waals surface area (Å²) in [7, 11) is -2.34. The van der Waals surface area contributed by atoms with Crippen LogP contribution in [0.2, 0.25) is 0 Å². The van der Waals surface area contributed by atoms with Crippen LogP contribution in [0.5, 0.6) is 0 Å². The smallest absolute Gasteiger partial charge is 0.297 e. The van der Waals surface area contributed by atoms with Crippen LogP contribution < -0.4 is 0 Å². The van der Waals surface area contributed by atoms with Gasteiger partial charge in [-0.25, -0.2) is 0 Å². The third kappa shape index (κ3) is 10.7. The maximum Gasteiger partial charge on any atom is 0.297 e. The Morgan fingerprint density at radius 3 is 2.00 bits per heavy atom. The summed E-state index contributed by atoms with van der Waals surface area (Å²) in [5, 5.41) is 0. The predicted octanol–water partition coefficient (Wildman–Crippen LogP) is 6.55. The monoisotopic (exact) mass is 498 g/mol. The van der Waals surface area contributed by atoms with Gasteiger partial charge in [0.05, 0.1) is 17.6 Å². The highest BCUT2D eigenvalue weighted by Crippen LogP contribution is 2.28. The molecule has 3 atom stereocenters. The SMILES string of the molecule is CCCCCCCCCCCCCC[C@H]1OC[C@@H](OS(=O)(=O)c2ccc(C)cc2)[C@H]1OCOC. The first-order valence-corrected chi connectivity index (χ1v) is 14.6. The number of hydrogen-bond acceptors (Lipinski definition) is 6. The van der Waals surface area contributed by atoms with E-state index in [2.05, 4.69) is 6.92 Å². The zero-order valence-electron chi connectivity index (χ0n) is 21.5. The number of hydrogen-bond donors (Lipinski definition) is 0. The molecule has 2 rings (SSSR count). The second kappa shape index (κ2) is 16.6. The van der Waals surface area contributed by atoms with Gasteiger partial charge in [0.2, 0.25) is 0 Å². The summed E-state index contributed by atoms with van der Waals surface area (Å²) in [6.45, 7) is 4.45. The van der Waals surface area contributed by atoms with Crippen molar-refractivity contribution in [1.82, 2.24) is 0 Å². The topological polar surface area (TPSA) is 71.1 Å². The number of benzene rings is 1. The average molecular weight is 499 g/mol. The molecule has 1 heterocycles. The van der Waals surface area contributed by atoms with Crippen LogP contribution >= 0.6 is 0 Å². The molecule has 0 aromatic heterocycles. The van der Waals surface area contributed by atoms with Gasteiger partial charge in [0.25, 0.3) is 10.1 Å². The van der Waals surface area contributed by atoms with Crippen molar-refractivity contribution in [2.75, 3.05) is 20.5 Å². The van der Waals surface area contributed by atoms with Crippen LogP contribution in [-0.2, 0) is 28.5 Å². The van der Waals surface area contributed by atoms with E-state index in [-0.39, 0.29) is 24.4 Å². The Morgan fingerprint density at radius 1 is 0.882 bits per heavy atom. The molecule has 1 saturated heterocycles. The average Bonchev–Trinajstić information content (AvgIpc) is 3.19. The molecule has 196 valence electrons. The second-order valence-electron chi connectivity index (χ2n) is 9.49. The van der Waals surface area contributed by atoms with E-state index in [1.807, 2.05) is 6.92 Å². The van der Waals surface area contributed by atoms with Gasteiger partial charge < -0.3 is 14.2 Å². The van der Waals surface area contributed by atoms with E-state index in [1.165, 1.54) is 64.2 Å². The zero-order valence-corrected chi connectivity index (χ0v) is 22.3. The van der Waals surface area contributed by atoms with Gasteiger partial charge in [-0.2, -0.15) is 8.42 Å². The number of ether oxygens (including phenoxy) is 3. The summed E-state index contributed by atoms with van der Waals surface area (Å²) < 4.78 is 47.8. The molecule has 0 aliphatic carbocycles. The van der Waals surface area contributed by atoms with Crippen LogP contribution in [0.25, 0.3) is 0 Å². The maximum atomic E-state index is 12.7. The molecular weight excluding hydrogens is 452 g/mol. The van der Waals surface area contributed by atoms with Crippen LogP contribution in [0.15, 0.2) is 29.2 Å². The number of methoxy groups -OCH3 is 1. The normalized spacial score (nSPS) is 20.7. The van der Waals surface area contributed by atoms with Crippen molar-refractivity contribution in [3.05, 3.63) is 29.8 Å². The fourth-order valence-electron chi connectivity index (χ4n) is 4.45. The Hall–Kier alpha value is -0.990. The van der Waals surface area contributed by atoms with Crippen molar-refractivity contribution in [3.63, 3.8) is 0 Å². The third-order valence-corrected chi connectivity index (χ3v) is 7.84. The molecule has 6 nitrogen and oxygen atoms in total. The summed E-state index contributed by atoms with van der Waals surface area (Å²) in [5.41, 5.74) is 0.993. The number of rotatable bonds is 19. The Kier molecular flexibility index (Phi) is 14.3. The Bertz CT molecular complexity index is 749.